The number of carbonyl (C=O) groups excluding carboxylic acids is 1. The van der Waals surface area contributed by atoms with E-state index in [0.717, 1.165) is 11.4 Å². The van der Waals surface area contributed by atoms with Gasteiger partial charge in [0.1, 0.15) is 5.69 Å². The molecule has 0 atom stereocenters. The molecule has 8 nitrogen and oxygen atoms in total. The number of hydrogen-bond acceptors (Lipinski definition) is 7. The lowest BCUT2D eigenvalue weighted by molar-refractivity contribution is 0.0751. The summed E-state index contributed by atoms with van der Waals surface area (Å²) in [7, 11) is 1.93. The molecule has 4 heterocycles. The molecule has 1 saturated heterocycles. The van der Waals surface area contributed by atoms with E-state index in [9.17, 15) is 9.59 Å². The van der Waals surface area contributed by atoms with E-state index in [-0.39, 0.29) is 11.5 Å². The van der Waals surface area contributed by atoms with Crippen molar-refractivity contribution >= 4 is 40.2 Å². The Hall–Kier alpha value is -3.69. The van der Waals surface area contributed by atoms with Gasteiger partial charge in [-0.2, -0.15) is 9.78 Å². The Morgan fingerprint density at radius 1 is 1.03 bits per heavy atom. The molecule has 1 aromatic carbocycles. The summed E-state index contributed by atoms with van der Waals surface area (Å²) >= 11 is 7.32. The molecule has 5 rings (SSSR count). The number of piperazine rings is 1. The highest BCUT2D eigenvalue weighted by atomic mass is 35.5. The molecule has 37 heavy (non-hydrogen) atoms. The Balaban J connectivity index is 1.40. The van der Waals surface area contributed by atoms with Crippen LogP contribution in [-0.2, 0) is 6.42 Å². The molecule has 0 bridgehead atoms. The van der Waals surface area contributed by atoms with Gasteiger partial charge in [0.05, 0.1) is 26.8 Å². The van der Waals surface area contributed by atoms with Crippen LogP contribution in [0.25, 0.3) is 5.69 Å². The number of likely N-dealkylation sites (N-methyl/N-ethyl adjacent to an activating group) is 1. The number of aromatic nitrogens is 3. The Morgan fingerprint density at radius 3 is 2.46 bits per heavy atom. The van der Waals surface area contributed by atoms with Gasteiger partial charge in [-0.25, -0.2) is 0 Å². The molecule has 1 fully saturated rings. The summed E-state index contributed by atoms with van der Waals surface area (Å²) < 4.78 is 2.04. The number of anilines is 2. The van der Waals surface area contributed by atoms with Crippen LogP contribution < -0.4 is 15.4 Å². The van der Waals surface area contributed by atoms with Gasteiger partial charge in [0, 0.05) is 58.1 Å². The van der Waals surface area contributed by atoms with E-state index < -0.39 is 0 Å². The quantitative estimate of drug-likeness (QED) is 0.357. The monoisotopic (exact) mass is 534 g/mol. The number of amides is 1. The summed E-state index contributed by atoms with van der Waals surface area (Å²) in [6, 6.07) is 18.8. The van der Waals surface area contributed by atoms with Crippen LogP contribution in [0, 0.1) is 0 Å². The molecule has 1 amide bonds. The van der Waals surface area contributed by atoms with Crippen LogP contribution in [0.15, 0.2) is 77.9 Å². The SMILES string of the molecule is CN(CCc1ccccn1)c1c(N2CCN(C(=O)c3ccc(Cl)s3)CC2)cnn(-c2ccccc2)c1=O. The van der Waals surface area contributed by atoms with Crippen molar-refractivity contribution in [2.45, 2.75) is 6.42 Å². The van der Waals surface area contributed by atoms with E-state index in [1.165, 1.54) is 16.0 Å². The smallest absolute Gasteiger partial charge is 0.297 e. The van der Waals surface area contributed by atoms with Gasteiger partial charge in [0.25, 0.3) is 11.5 Å². The number of para-hydroxylation sites is 1. The van der Waals surface area contributed by atoms with Gasteiger partial charge in [0.2, 0.25) is 0 Å². The molecule has 0 saturated carbocycles. The van der Waals surface area contributed by atoms with E-state index in [4.69, 9.17) is 11.6 Å². The highest BCUT2D eigenvalue weighted by molar-refractivity contribution is 7.17. The number of thiophene rings is 1. The number of pyridine rings is 1. The molecule has 10 heteroatoms. The number of hydrogen-bond donors (Lipinski definition) is 0. The van der Waals surface area contributed by atoms with E-state index in [0.29, 0.717) is 59.7 Å². The van der Waals surface area contributed by atoms with Crippen molar-refractivity contribution < 1.29 is 4.79 Å². The molecule has 1 aliphatic heterocycles. The average Bonchev–Trinajstić information content (AvgIpc) is 3.38. The molecular formula is C27H27ClN6O2S. The fourth-order valence-electron chi connectivity index (χ4n) is 4.45. The lowest BCUT2D eigenvalue weighted by Crippen LogP contribution is -2.49. The fraction of sp³-hybridized carbons (Fsp3) is 0.259. The molecule has 0 N–H and O–H groups in total. The maximum Gasteiger partial charge on any atom is 0.297 e. The second-order valence-corrected chi connectivity index (χ2v) is 10.5. The number of rotatable bonds is 7. The second-order valence-electron chi connectivity index (χ2n) is 8.81. The minimum Gasteiger partial charge on any atom is -0.368 e. The van der Waals surface area contributed by atoms with Gasteiger partial charge in [-0.15, -0.1) is 11.3 Å². The highest BCUT2D eigenvalue weighted by Crippen LogP contribution is 2.28. The van der Waals surface area contributed by atoms with Gasteiger partial charge in [-0.1, -0.05) is 35.9 Å². The Kier molecular flexibility index (Phi) is 7.52. The first-order chi connectivity index (χ1) is 18.0. The van der Waals surface area contributed by atoms with Crippen LogP contribution in [0.4, 0.5) is 11.4 Å². The van der Waals surface area contributed by atoms with Crippen molar-refractivity contribution in [3.8, 4) is 5.69 Å². The predicted octanol–water partition coefficient (Wildman–Crippen LogP) is 3.98. The van der Waals surface area contributed by atoms with E-state index in [1.807, 2.05) is 65.4 Å². The van der Waals surface area contributed by atoms with Gasteiger partial charge < -0.3 is 14.7 Å². The van der Waals surface area contributed by atoms with Crippen LogP contribution in [0.5, 0.6) is 0 Å². The molecular weight excluding hydrogens is 508 g/mol. The Bertz CT molecular complexity index is 1420. The number of nitrogens with zero attached hydrogens (tertiary/aromatic N) is 6. The summed E-state index contributed by atoms with van der Waals surface area (Å²) in [4.78, 5) is 37.7. The van der Waals surface area contributed by atoms with Crippen molar-refractivity contribution in [3.63, 3.8) is 0 Å². The molecule has 0 aliphatic carbocycles. The zero-order valence-corrected chi connectivity index (χ0v) is 22.0. The third kappa shape index (κ3) is 5.52. The molecule has 0 radical (unpaired) electrons. The summed E-state index contributed by atoms with van der Waals surface area (Å²) in [5.74, 6) is -0.0122. The minimum absolute atomic E-state index is 0.0122. The molecule has 190 valence electrons. The molecule has 0 unspecified atom stereocenters. The maximum absolute atomic E-state index is 13.8. The van der Waals surface area contributed by atoms with Crippen LogP contribution in [0.2, 0.25) is 4.34 Å². The normalized spacial score (nSPS) is 13.6. The zero-order valence-electron chi connectivity index (χ0n) is 20.5. The van der Waals surface area contributed by atoms with Crippen LogP contribution in [-0.4, -0.2) is 65.3 Å². The Labute approximate surface area is 224 Å². The van der Waals surface area contributed by atoms with Crippen molar-refractivity contribution in [1.82, 2.24) is 19.7 Å². The zero-order chi connectivity index (χ0) is 25.8. The minimum atomic E-state index is -0.182. The Morgan fingerprint density at radius 2 is 1.78 bits per heavy atom. The van der Waals surface area contributed by atoms with E-state index in [2.05, 4.69) is 15.0 Å². The fourth-order valence-corrected chi connectivity index (χ4v) is 5.47. The molecule has 0 spiro atoms. The average molecular weight is 535 g/mol. The van der Waals surface area contributed by atoms with E-state index >= 15 is 0 Å². The van der Waals surface area contributed by atoms with Gasteiger partial charge >= 0.3 is 0 Å². The van der Waals surface area contributed by atoms with Crippen molar-refractivity contribution in [2.75, 3.05) is 49.6 Å². The third-order valence-corrected chi connectivity index (χ3v) is 7.66. The maximum atomic E-state index is 13.8. The highest BCUT2D eigenvalue weighted by Gasteiger charge is 2.27. The second kappa shape index (κ2) is 11.1. The first-order valence-electron chi connectivity index (χ1n) is 12.1. The molecule has 4 aromatic rings. The van der Waals surface area contributed by atoms with Crippen LogP contribution >= 0.6 is 22.9 Å². The predicted molar refractivity (Wildman–Crippen MR) is 148 cm³/mol. The van der Waals surface area contributed by atoms with Gasteiger partial charge in [-0.05, 0) is 36.4 Å². The standard InChI is InChI=1S/C27H27ClN6O2S/c1-31(14-12-20-7-5-6-13-29-20)25-22(19-30-34(27(25)36)21-8-3-2-4-9-21)32-15-17-33(18-16-32)26(35)23-10-11-24(28)37-23/h2-11,13,19H,12,14-18H2,1H3. The summed E-state index contributed by atoms with van der Waals surface area (Å²) in [5, 5.41) is 4.52. The van der Waals surface area contributed by atoms with Gasteiger partial charge in [-0.3, -0.25) is 14.6 Å². The van der Waals surface area contributed by atoms with Crippen molar-refractivity contribution in [1.29, 1.82) is 0 Å². The summed E-state index contributed by atoms with van der Waals surface area (Å²) in [6.45, 7) is 2.92. The van der Waals surface area contributed by atoms with Crippen LogP contribution in [0.3, 0.4) is 0 Å². The first-order valence-corrected chi connectivity index (χ1v) is 13.3. The summed E-state index contributed by atoms with van der Waals surface area (Å²) in [5.41, 5.74) is 2.85. The lowest BCUT2D eigenvalue weighted by Gasteiger charge is -2.37. The number of benzene rings is 1. The van der Waals surface area contributed by atoms with Gasteiger partial charge in [0.15, 0.2) is 0 Å². The molecule has 1 aliphatic rings. The first kappa shape index (κ1) is 25.0. The number of halogens is 1. The van der Waals surface area contributed by atoms with Crippen molar-refractivity contribution in [2.24, 2.45) is 0 Å². The third-order valence-electron chi connectivity index (χ3n) is 6.44. The topological polar surface area (TPSA) is 74.6 Å². The van der Waals surface area contributed by atoms with Crippen LogP contribution in [0.1, 0.15) is 15.4 Å². The molecule has 3 aromatic heterocycles. The van der Waals surface area contributed by atoms with E-state index in [1.54, 1.807) is 24.5 Å². The largest absolute Gasteiger partial charge is 0.368 e. The number of carbonyl (C=O) groups is 1. The van der Waals surface area contributed by atoms with Crippen molar-refractivity contribution in [3.05, 3.63) is 98.3 Å². The lowest BCUT2D eigenvalue weighted by atomic mass is 10.2. The summed E-state index contributed by atoms with van der Waals surface area (Å²) in [6.07, 6.45) is 4.24.